The smallest absolute Gasteiger partial charge is 0.148 e. The van der Waals surface area contributed by atoms with Crippen LogP contribution in [0.2, 0.25) is 0 Å². The molecule has 2 rings (SSSR count). The van der Waals surface area contributed by atoms with Crippen molar-refractivity contribution in [1.29, 1.82) is 0 Å². The summed E-state index contributed by atoms with van der Waals surface area (Å²) < 4.78 is 0. The zero-order valence-electron chi connectivity index (χ0n) is 11.2. The molecule has 2 heterocycles. The van der Waals surface area contributed by atoms with Gasteiger partial charge in [-0.2, -0.15) is 11.8 Å². The summed E-state index contributed by atoms with van der Waals surface area (Å²) in [6, 6.07) is 0.507. The highest BCUT2D eigenvalue weighted by atomic mass is 32.2. The maximum Gasteiger partial charge on any atom is 0.148 e. The van der Waals surface area contributed by atoms with Crippen molar-refractivity contribution in [2.75, 3.05) is 28.4 Å². The molecule has 0 amide bonds. The van der Waals surface area contributed by atoms with Crippen molar-refractivity contribution in [2.45, 2.75) is 33.2 Å². The lowest BCUT2D eigenvalue weighted by Crippen LogP contribution is -2.41. The van der Waals surface area contributed by atoms with E-state index < -0.39 is 0 Å². The van der Waals surface area contributed by atoms with Crippen LogP contribution in [0.25, 0.3) is 0 Å². The molecule has 0 radical (unpaired) electrons. The van der Waals surface area contributed by atoms with Crippen molar-refractivity contribution in [3.8, 4) is 0 Å². The molecule has 0 spiro atoms. The van der Waals surface area contributed by atoms with Gasteiger partial charge in [0.25, 0.3) is 0 Å². The van der Waals surface area contributed by atoms with Crippen molar-refractivity contribution in [2.24, 2.45) is 5.84 Å². The second-order valence-electron chi connectivity index (χ2n) is 4.55. The van der Waals surface area contributed by atoms with Crippen molar-refractivity contribution in [3.05, 3.63) is 11.4 Å². The third-order valence-electron chi connectivity index (χ3n) is 3.26. The van der Waals surface area contributed by atoms with Crippen LogP contribution in [0.3, 0.4) is 0 Å². The van der Waals surface area contributed by atoms with E-state index in [1.165, 1.54) is 0 Å². The fourth-order valence-electron chi connectivity index (χ4n) is 2.17. The van der Waals surface area contributed by atoms with Crippen LogP contribution in [-0.2, 0) is 6.42 Å². The van der Waals surface area contributed by atoms with Gasteiger partial charge in [-0.05, 0) is 13.8 Å². The number of thioether (sulfide) groups is 1. The highest BCUT2D eigenvalue weighted by Gasteiger charge is 2.23. The van der Waals surface area contributed by atoms with Gasteiger partial charge in [-0.1, -0.05) is 6.92 Å². The summed E-state index contributed by atoms with van der Waals surface area (Å²) in [6.45, 7) is 7.37. The first-order valence-electron chi connectivity index (χ1n) is 6.35. The molecule has 100 valence electrons. The average Bonchev–Trinajstić information content (AvgIpc) is 2.40. The lowest BCUT2D eigenvalue weighted by Gasteiger charge is -2.35. The molecule has 1 unspecified atom stereocenters. The number of hydrogen-bond acceptors (Lipinski definition) is 6. The fraction of sp³-hybridized carbons (Fsp3) is 0.667. The van der Waals surface area contributed by atoms with E-state index in [9.17, 15) is 0 Å². The van der Waals surface area contributed by atoms with Crippen LogP contribution in [0.5, 0.6) is 0 Å². The lowest BCUT2D eigenvalue weighted by atomic mass is 10.2. The van der Waals surface area contributed by atoms with Gasteiger partial charge in [-0.25, -0.2) is 15.8 Å². The van der Waals surface area contributed by atoms with Crippen LogP contribution < -0.4 is 16.2 Å². The first kappa shape index (κ1) is 13.4. The molecule has 6 heteroatoms. The molecule has 18 heavy (non-hydrogen) atoms. The van der Waals surface area contributed by atoms with Crippen LogP contribution in [0.1, 0.15) is 25.2 Å². The average molecular weight is 267 g/mol. The van der Waals surface area contributed by atoms with Gasteiger partial charge in [-0.3, -0.25) is 0 Å². The molecule has 1 atom stereocenters. The molecule has 1 fully saturated rings. The Morgan fingerprint density at radius 3 is 2.89 bits per heavy atom. The summed E-state index contributed by atoms with van der Waals surface area (Å²) in [5.74, 6) is 10.5. The number of nitrogens with zero attached hydrogens (tertiary/aromatic N) is 3. The summed E-state index contributed by atoms with van der Waals surface area (Å²) in [5, 5.41) is 0. The van der Waals surface area contributed by atoms with E-state index in [1.807, 2.05) is 18.7 Å². The second-order valence-corrected chi connectivity index (χ2v) is 5.70. The number of nitrogen functional groups attached to an aromatic ring is 1. The monoisotopic (exact) mass is 267 g/mol. The summed E-state index contributed by atoms with van der Waals surface area (Å²) in [6.07, 6.45) is 0.818. The number of hydrogen-bond donors (Lipinski definition) is 2. The van der Waals surface area contributed by atoms with Crippen LogP contribution in [0, 0.1) is 6.92 Å². The first-order valence-corrected chi connectivity index (χ1v) is 7.51. The third kappa shape index (κ3) is 2.54. The maximum atomic E-state index is 5.54. The molecule has 1 saturated heterocycles. The SMILES string of the molecule is CCc1nc(NN)c(C)c(N2CCSCC2C)n1. The molecular weight excluding hydrogens is 246 g/mol. The summed E-state index contributed by atoms with van der Waals surface area (Å²) in [5.41, 5.74) is 3.72. The molecule has 3 N–H and O–H groups in total. The number of aromatic nitrogens is 2. The number of rotatable bonds is 3. The molecule has 0 saturated carbocycles. The third-order valence-corrected chi connectivity index (χ3v) is 4.45. The molecular formula is C12H21N5S. The van der Waals surface area contributed by atoms with E-state index in [4.69, 9.17) is 5.84 Å². The highest BCUT2D eigenvalue weighted by molar-refractivity contribution is 7.99. The minimum Gasteiger partial charge on any atom is -0.352 e. The molecule has 1 aliphatic heterocycles. The topological polar surface area (TPSA) is 67.1 Å². The van der Waals surface area contributed by atoms with Crippen LogP contribution in [0.15, 0.2) is 0 Å². The van der Waals surface area contributed by atoms with Gasteiger partial charge in [0, 0.05) is 36.1 Å². The quantitative estimate of drug-likeness (QED) is 0.640. The highest BCUT2D eigenvalue weighted by Crippen LogP contribution is 2.28. The molecule has 1 aromatic rings. The number of hydrazine groups is 1. The Morgan fingerprint density at radius 2 is 2.28 bits per heavy atom. The van der Waals surface area contributed by atoms with Crippen molar-refractivity contribution < 1.29 is 0 Å². The molecule has 0 aromatic carbocycles. The Bertz CT molecular complexity index is 423. The van der Waals surface area contributed by atoms with Crippen molar-refractivity contribution >= 4 is 23.4 Å². The zero-order chi connectivity index (χ0) is 13.1. The van der Waals surface area contributed by atoms with Gasteiger partial charge in [0.1, 0.15) is 17.5 Å². The Hall–Kier alpha value is -1.01. The molecule has 1 aliphatic rings. The van der Waals surface area contributed by atoms with Gasteiger partial charge >= 0.3 is 0 Å². The summed E-state index contributed by atoms with van der Waals surface area (Å²) in [4.78, 5) is 11.5. The largest absolute Gasteiger partial charge is 0.352 e. The normalized spacial score (nSPS) is 20.0. The minimum atomic E-state index is 0.507. The van der Waals surface area contributed by atoms with Gasteiger partial charge in [-0.15, -0.1) is 0 Å². The molecule has 5 nitrogen and oxygen atoms in total. The molecule has 0 aliphatic carbocycles. The van der Waals surface area contributed by atoms with E-state index in [1.54, 1.807) is 0 Å². The number of nitrogens with one attached hydrogen (secondary N) is 1. The standard InChI is InChI=1S/C12H21N5S/c1-4-10-14-11(16-13)9(3)12(15-10)17-5-6-18-7-8(17)2/h8H,4-7,13H2,1-3H3,(H,14,15,16). The summed E-state index contributed by atoms with van der Waals surface area (Å²) in [7, 11) is 0. The number of anilines is 2. The van der Waals surface area contributed by atoms with Crippen LogP contribution in [-0.4, -0.2) is 34.1 Å². The van der Waals surface area contributed by atoms with Gasteiger partial charge in [0.05, 0.1) is 0 Å². The van der Waals surface area contributed by atoms with Crippen LogP contribution in [0.4, 0.5) is 11.6 Å². The van der Waals surface area contributed by atoms with Gasteiger partial charge < -0.3 is 10.3 Å². The van der Waals surface area contributed by atoms with E-state index in [2.05, 4.69) is 34.1 Å². The van der Waals surface area contributed by atoms with Crippen molar-refractivity contribution in [3.63, 3.8) is 0 Å². The van der Waals surface area contributed by atoms with E-state index >= 15 is 0 Å². The van der Waals surface area contributed by atoms with Gasteiger partial charge in [0.2, 0.25) is 0 Å². The lowest BCUT2D eigenvalue weighted by molar-refractivity contribution is 0.682. The predicted molar refractivity (Wildman–Crippen MR) is 78.1 cm³/mol. The van der Waals surface area contributed by atoms with E-state index in [-0.39, 0.29) is 0 Å². The maximum absolute atomic E-state index is 5.54. The number of aryl methyl sites for hydroxylation is 1. The van der Waals surface area contributed by atoms with E-state index in [0.717, 1.165) is 47.5 Å². The Kier molecular flexibility index (Phi) is 4.29. The Morgan fingerprint density at radius 1 is 1.50 bits per heavy atom. The van der Waals surface area contributed by atoms with Crippen LogP contribution >= 0.6 is 11.8 Å². The molecule has 0 bridgehead atoms. The fourth-order valence-corrected chi connectivity index (χ4v) is 3.18. The molecule has 1 aromatic heterocycles. The summed E-state index contributed by atoms with van der Waals surface area (Å²) >= 11 is 2.00. The predicted octanol–water partition coefficient (Wildman–Crippen LogP) is 1.57. The van der Waals surface area contributed by atoms with Gasteiger partial charge in [0.15, 0.2) is 0 Å². The minimum absolute atomic E-state index is 0.507. The zero-order valence-corrected chi connectivity index (χ0v) is 12.0. The van der Waals surface area contributed by atoms with Crippen molar-refractivity contribution in [1.82, 2.24) is 9.97 Å². The first-order chi connectivity index (χ1) is 8.67. The van der Waals surface area contributed by atoms with E-state index in [0.29, 0.717) is 6.04 Å². The Balaban J connectivity index is 2.41. The second kappa shape index (κ2) is 5.75. The Labute approximate surface area is 113 Å². The number of nitrogens with two attached hydrogens (primary N) is 1.